The van der Waals surface area contributed by atoms with Crippen LogP contribution in [0.5, 0.6) is 0 Å². The monoisotopic (exact) mass is 288 g/mol. The Morgan fingerprint density at radius 2 is 1.95 bits per heavy atom. The maximum absolute atomic E-state index is 13.4. The summed E-state index contributed by atoms with van der Waals surface area (Å²) in [4.78, 5) is 0. The summed E-state index contributed by atoms with van der Waals surface area (Å²) < 4.78 is 37.5. The average Bonchev–Trinajstić information content (AvgIpc) is 2.30. The molecule has 0 aliphatic rings. The first-order chi connectivity index (χ1) is 8.88. The highest BCUT2D eigenvalue weighted by atomic mass is 32.2. The highest BCUT2D eigenvalue weighted by Gasteiger charge is 2.06. The van der Waals surface area contributed by atoms with E-state index in [4.69, 9.17) is 0 Å². The van der Waals surface area contributed by atoms with Crippen LogP contribution in [0.15, 0.2) is 24.3 Å². The maximum Gasteiger partial charge on any atom is 0.208 e. The quantitative estimate of drug-likeness (QED) is 0.709. The summed E-state index contributed by atoms with van der Waals surface area (Å²) in [5.41, 5.74) is 0.691. The van der Waals surface area contributed by atoms with Crippen molar-refractivity contribution in [2.24, 2.45) is 0 Å². The van der Waals surface area contributed by atoms with Crippen molar-refractivity contribution in [2.75, 3.05) is 19.3 Å². The molecule has 0 spiro atoms. The molecule has 0 aliphatic carbocycles. The summed E-state index contributed by atoms with van der Waals surface area (Å²) in [6, 6.07) is 6.88. The van der Waals surface area contributed by atoms with Crippen LogP contribution in [0.25, 0.3) is 0 Å². The van der Waals surface area contributed by atoms with Gasteiger partial charge in [0.05, 0.1) is 6.26 Å². The summed E-state index contributed by atoms with van der Waals surface area (Å²) in [7, 11) is -3.11. The van der Waals surface area contributed by atoms with Crippen LogP contribution in [0.3, 0.4) is 0 Å². The molecular formula is C13H21FN2O2S. The van der Waals surface area contributed by atoms with Gasteiger partial charge < -0.3 is 5.32 Å². The molecule has 0 amide bonds. The molecule has 1 rings (SSSR count). The van der Waals surface area contributed by atoms with E-state index in [2.05, 4.69) is 10.0 Å². The smallest absolute Gasteiger partial charge is 0.208 e. The highest BCUT2D eigenvalue weighted by Crippen LogP contribution is 2.08. The lowest BCUT2D eigenvalue weighted by Crippen LogP contribution is -2.32. The van der Waals surface area contributed by atoms with E-state index in [0.29, 0.717) is 31.5 Å². The van der Waals surface area contributed by atoms with Crippen LogP contribution in [0.1, 0.15) is 18.9 Å². The van der Waals surface area contributed by atoms with E-state index in [1.165, 1.54) is 6.07 Å². The van der Waals surface area contributed by atoms with Gasteiger partial charge in [-0.05, 0) is 37.9 Å². The number of sulfonamides is 1. The molecule has 0 bridgehead atoms. The molecule has 6 heteroatoms. The Labute approximate surface area is 114 Å². The van der Waals surface area contributed by atoms with Gasteiger partial charge in [0.25, 0.3) is 0 Å². The molecule has 1 atom stereocenters. The van der Waals surface area contributed by atoms with Gasteiger partial charge in [-0.15, -0.1) is 0 Å². The van der Waals surface area contributed by atoms with Crippen molar-refractivity contribution < 1.29 is 12.8 Å². The van der Waals surface area contributed by atoms with E-state index in [9.17, 15) is 12.8 Å². The summed E-state index contributed by atoms with van der Waals surface area (Å²) in [5, 5.41) is 3.24. The second-order valence-electron chi connectivity index (χ2n) is 4.67. The van der Waals surface area contributed by atoms with E-state index in [-0.39, 0.29) is 11.9 Å². The molecule has 0 fully saturated rings. The minimum Gasteiger partial charge on any atom is -0.314 e. The van der Waals surface area contributed by atoms with Gasteiger partial charge in [-0.2, -0.15) is 0 Å². The molecule has 0 aromatic heterocycles. The normalized spacial score (nSPS) is 13.4. The number of benzene rings is 1. The second kappa shape index (κ2) is 7.57. The van der Waals surface area contributed by atoms with Crippen molar-refractivity contribution >= 4 is 10.0 Å². The van der Waals surface area contributed by atoms with Crippen LogP contribution in [0.4, 0.5) is 4.39 Å². The molecule has 1 aromatic rings. The fourth-order valence-corrected chi connectivity index (χ4v) is 2.28. The molecule has 19 heavy (non-hydrogen) atoms. The van der Waals surface area contributed by atoms with Gasteiger partial charge in [0, 0.05) is 12.6 Å². The Hall–Kier alpha value is -0.980. The third-order valence-corrected chi connectivity index (χ3v) is 3.42. The Morgan fingerprint density at radius 3 is 2.58 bits per heavy atom. The number of rotatable bonds is 8. The Kier molecular flexibility index (Phi) is 6.41. The molecule has 0 saturated heterocycles. The van der Waals surface area contributed by atoms with Crippen molar-refractivity contribution in [3.8, 4) is 0 Å². The SMILES string of the molecule is CC(Cc1ccccc1F)NCCCNS(C)(=O)=O. The lowest BCUT2D eigenvalue weighted by molar-refractivity contribution is 0.515. The largest absolute Gasteiger partial charge is 0.314 e. The fourth-order valence-electron chi connectivity index (χ4n) is 1.76. The zero-order valence-corrected chi connectivity index (χ0v) is 12.1. The summed E-state index contributed by atoms with van der Waals surface area (Å²) >= 11 is 0. The molecule has 1 unspecified atom stereocenters. The first kappa shape index (κ1) is 16.1. The zero-order chi connectivity index (χ0) is 14.3. The Morgan fingerprint density at radius 1 is 1.26 bits per heavy atom. The first-order valence-electron chi connectivity index (χ1n) is 6.30. The molecule has 4 nitrogen and oxygen atoms in total. The summed E-state index contributed by atoms with van der Waals surface area (Å²) in [6.07, 6.45) is 2.46. The molecule has 108 valence electrons. The molecule has 0 radical (unpaired) electrons. The van der Waals surface area contributed by atoms with Gasteiger partial charge in [0.1, 0.15) is 5.82 Å². The van der Waals surface area contributed by atoms with Crippen molar-refractivity contribution in [2.45, 2.75) is 25.8 Å². The van der Waals surface area contributed by atoms with Crippen LogP contribution >= 0.6 is 0 Å². The average molecular weight is 288 g/mol. The van der Waals surface area contributed by atoms with Gasteiger partial charge in [-0.1, -0.05) is 18.2 Å². The van der Waals surface area contributed by atoms with Gasteiger partial charge in [-0.25, -0.2) is 17.5 Å². The third-order valence-electron chi connectivity index (χ3n) is 2.69. The summed E-state index contributed by atoms with van der Waals surface area (Å²) in [5.74, 6) is -0.185. The Balaban J connectivity index is 2.22. The van der Waals surface area contributed by atoms with Crippen LogP contribution in [-0.2, 0) is 16.4 Å². The van der Waals surface area contributed by atoms with E-state index in [0.717, 1.165) is 6.26 Å². The third kappa shape index (κ3) is 7.25. The predicted octanol–water partition coefficient (Wildman–Crippen LogP) is 1.29. The molecular weight excluding hydrogens is 267 g/mol. The lowest BCUT2D eigenvalue weighted by atomic mass is 10.1. The maximum atomic E-state index is 13.4. The van der Waals surface area contributed by atoms with Crippen LogP contribution in [-0.4, -0.2) is 33.8 Å². The molecule has 0 aliphatic heterocycles. The number of halogens is 1. The van der Waals surface area contributed by atoms with E-state index in [1.54, 1.807) is 12.1 Å². The van der Waals surface area contributed by atoms with Crippen LogP contribution < -0.4 is 10.0 Å². The number of hydrogen-bond acceptors (Lipinski definition) is 3. The topological polar surface area (TPSA) is 58.2 Å². The second-order valence-corrected chi connectivity index (χ2v) is 6.50. The van der Waals surface area contributed by atoms with Crippen LogP contribution in [0.2, 0.25) is 0 Å². The van der Waals surface area contributed by atoms with E-state index >= 15 is 0 Å². The van der Waals surface area contributed by atoms with Gasteiger partial charge in [0.15, 0.2) is 0 Å². The van der Waals surface area contributed by atoms with Gasteiger partial charge in [-0.3, -0.25) is 0 Å². The molecule has 1 aromatic carbocycles. The lowest BCUT2D eigenvalue weighted by Gasteiger charge is -2.14. The summed E-state index contributed by atoms with van der Waals surface area (Å²) in [6.45, 7) is 3.09. The number of hydrogen-bond donors (Lipinski definition) is 2. The van der Waals surface area contributed by atoms with Gasteiger partial charge in [0.2, 0.25) is 10.0 Å². The van der Waals surface area contributed by atoms with Crippen molar-refractivity contribution in [1.82, 2.24) is 10.0 Å². The standard InChI is InChI=1S/C13H21FN2O2S/c1-11(10-12-6-3-4-7-13(12)14)15-8-5-9-16-19(2,17)18/h3-4,6-7,11,15-16H,5,8-10H2,1-2H3. The van der Waals surface area contributed by atoms with E-state index in [1.807, 2.05) is 13.0 Å². The highest BCUT2D eigenvalue weighted by molar-refractivity contribution is 7.88. The molecule has 2 N–H and O–H groups in total. The first-order valence-corrected chi connectivity index (χ1v) is 8.19. The fraction of sp³-hybridized carbons (Fsp3) is 0.538. The molecule has 0 saturated carbocycles. The minimum absolute atomic E-state index is 0.148. The van der Waals surface area contributed by atoms with Crippen LogP contribution in [0, 0.1) is 5.82 Å². The minimum atomic E-state index is -3.11. The van der Waals surface area contributed by atoms with E-state index < -0.39 is 10.0 Å². The van der Waals surface area contributed by atoms with Crippen molar-refractivity contribution in [1.29, 1.82) is 0 Å². The Bertz CT molecular complexity index is 491. The molecule has 0 heterocycles. The zero-order valence-electron chi connectivity index (χ0n) is 11.3. The van der Waals surface area contributed by atoms with Crippen molar-refractivity contribution in [3.05, 3.63) is 35.6 Å². The van der Waals surface area contributed by atoms with Crippen molar-refractivity contribution in [3.63, 3.8) is 0 Å². The number of nitrogens with one attached hydrogen (secondary N) is 2. The predicted molar refractivity (Wildman–Crippen MR) is 75.0 cm³/mol. The van der Waals surface area contributed by atoms with Gasteiger partial charge >= 0.3 is 0 Å².